The SMILES string of the molecule is CCCn1nc(C(=O)N(C)C)c2c1CCC(=O)C2. The molecule has 0 radical (unpaired) electrons. The molecule has 18 heavy (non-hydrogen) atoms. The molecule has 1 aliphatic carbocycles. The van der Waals surface area contributed by atoms with Gasteiger partial charge in [0.15, 0.2) is 5.69 Å². The lowest BCUT2D eigenvalue weighted by Gasteiger charge is -2.14. The highest BCUT2D eigenvalue weighted by Crippen LogP contribution is 2.23. The van der Waals surface area contributed by atoms with E-state index in [-0.39, 0.29) is 11.7 Å². The number of Topliss-reactive ketones (excluding diaryl/α,β-unsaturated/α-hetero) is 1. The lowest BCUT2D eigenvalue weighted by Crippen LogP contribution is -2.24. The van der Waals surface area contributed by atoms with Gasteiger partial charge in [-0.1, -0.05) is 6.92 Å². The summed E-state index contributed by atoms with van der Waals surface area (Å²) in [6.45, 7) is 2.88. The molecule has 0 N–H and O–H groups in total. The minimum Gasteiger partial charge on any atom is -0.343 e. The molecular formula is C13H19N3O2. The highest BCUT2D eigenvalue weighted by atomic mass is 16.2. The number of carbonyl (C=O) groups excluding carboxylic acids is 2. The third-order valence-corrected chi connectivity index (χ3v) is 3.23. The van der Waals surface area contributed by atoms with Gasteiger partial charge in [-0.25, -0.2) is 0 Å². The third kappa shape index (κ3) is 2.17. The van der Waals surface area contributed by atoms with Crippen LogP contribution in [0.3, 0.4) is 0 Å². The minimum absolute atomic E-state index is 0.115. The first kappa shape index (κ1) is 12.8. The van der Waals surface area contributed by atoms with E-state index in [4.69, 9.17) is 0 Å². The van der Waals surface area contributed by atoms with Crippen LogP contribution in [0.5, 0.6) is 0 Å². The van der Waals surface area contributed by atoms with Crippen LogP contribution in [-0.4, -0.2) is 40.5 Å². The molecule has 1 aliphatic rings. The summed E-state index contributed by atoms with van der Waals surface area (Å²) >= 11 is 0. The molecule has 1 amide bonds. The predicted molar refractivity (Wildman–Crippen MR) is 67.6 cm³/mol. The average Bonchev–Trinajstić information content (AvgIpc) is 2.67. The number of ketones is 1. The van der Waals surface area contributed by atoms with Crippen molar-refractivity contribution in [3.8, 4) is 0 Å². The molecule has 0 atom stereocenters. The molecule has 2 rings (SSSR count). The summed E-state index contributed by atoms with van der Waals surface area (Å²) in [5.74, 6) is 0.0853. The third-order valence-electron chi connectivity index (χ3n) is 3.23. The molecule has 1 heterocycles. The monoisotopic (exact) mass is 249 g/mol. The van der Waals surface area contributed by atoms with E-state index < -0.39 is 0 Å². The fourth-order valence-electron chi connectivity index (χ4n) is 2.32. The zero-order valence-electron chi connectivity index (χ0n) is 11.2. The van der Waals surface area contributed by atoms with Gasteiger partial charge in [0.25, 0.3) is 5.91 Å². The fraction of sp³-hybridized carbons (Fsp3) is 0.615. The van der Waals surface area contributed by atoms with Gasteiger partial charge in [-0.2, -0.15) is 5.10 Å². The van der Waals surface area contributed by atoms with E-state index >= 15 is 0 Å². The van der Waals surface area contributed by atoms with Crippen molar-refractivity contribution >= 4 is 11.7 Å². The van der Waals surface area contributed by atoms with Gasteiger partial charge in [-0.15, -0.1) is 0 Å². The summed E-state index contributed by atoms with van der Waals surface area (Å²) in [6.07, 6.45) is 2.60. The summed E-state index contributed by atoms with van der Waals surface area (Å²) in [6, 6.07) is 0. The number of rotatable bonds is 3. The molecule has 98 valence electrons. The summed E-state index contributed by atoms with van der Waals surface area (Å²) < 4.78 is 1.90. The van der Waals surface area contributed by atoms with Gasteiger partial charge < -0.3 is 4.90 Å². The van der Waals surface area contributed by atoms with Crippen molar-refractivity contribution in [1.82, 2.24) is 14.7 Å². The normalized spacial score (nSPS) is 14.5. The summed E-state index contributed by atoms with van der Waals surface area (Å²) in [5.41, 5.74) is 2.37. The van der Waals surface area contributed by atoms with Crippen LogP contribution in [0.25, 0.3) is 0 Å². The number of aryl methyl sites for hydroxylation is 1. The van der Waals surface area contributed by atoms with E-state index in [0.29, 0.717) is 25.0 Å². The van der Waals surface area contributed by atoms with Crippen LogP contribution in [0.1, 0.15) is 41.5 Å². The van der Waals surface area contributed by atoms with Crippen molar-refractivity contribution < 1.29 is 9.59 Å². The summed E-state index contributed by atoms with van der Waals surface area (Å²) in [5, 5.41) is 4.41. The Morgan fingerprint density at radius 1 is 1.39 bits per heavy atom. The van der Waals surface area contributed by atoms with E-state index in [1.54, 1.807) is 14.1 Å². The smallest absolute Gasteiger partial charge is 0.274 e. The van der Waals surface area contributed by atoms with Crippen molar-refractivity contribution in [2.24, 2.45) is 0 Å². The number of hydrogen-bond donors (Lipinski definition) is 0. The Hall–Kier alpha value is -1.65. The van der Waals surface area contributed by atoms with Crippen LogP contribution < -0.4 is 0 Å². The molecule has 0 bridgehead atoms. The lowest BCUT2D eigenvalue weighted by atomic mass is 9.94. The fourth-order valence-corrected chi connectivity index (χ4v) is 2.32. The van der Waals surface area contributed by atoms with Crippen LogP contribution >= 0.6 is 0 Å². The first-order valence-electron chi connectivity index (χ1n) is 6.36. The Morgan fingerprint density at radius 2 is 2.11 bits per heavy atom. The molecule has 0 spiro atoms. The number of amides is 1. The molecule has 0 saturated carbocycles. The standard InChI is InChI=1S/C13H19N3O2/c1-4-7-16-11-6-5-9(17)8-10(11)12(14-16)13(18)15(2)3/h4-8H2,1-3H3. The number of carbonyl (C=O) groups is 2. The Labute approximate surface area is 107 Å². The van der Waals surface area contributed by atoms with Gasteiger partial charge in [0.2, 0.25) is 0 Å². The van der Waals surface area contributed by atoms with Gasteiger partial charge in [-0.3, -0.25) is 14.3 Å². The molecule has 0 saturated heterocycles. The maximum absolute atomic E-state index is 12.1. The largest absolute Gasteiger partial charge is 0.343 e. The van der Waals surface area contributed by atoms with Crippen LogP contribution in [0.4, 0.5) is 0 Å². The highest BCUT2D eigenvalue weighted by Gasteiger charge is 2.28. The van der Waals surface area contributed by atoms with E-state index in [2.05, 4.69) is 12.0 Å². The van der Waals surface area contributed by atoms with Gasteiger partial charge in [0.1, 0.15) is 5.78 Å². The van der Waals surface area contributed by atoms with E-state index in [9.17, 15) is 9.59 Å². The molecule has 5 heteroatoms. The van der Waals surface area contributed by atoms with Crippen LogP contribution in [0, 0.1) is 0 Å². The molecular weight excluding hydrogens is 230 g/mol. The van der Waals surface area contributed by atoms with Gasteiger partial charge >= 0.3 is 0 Å². The van der Waals surface area contributed by atoms with Crippen molar-refractivity contribution in [3.05, 3.63) is 17.0 Å². The van der Waals surface area contributed by atoms with Crippen molar-refractivity contribution in [2.45, 2.75) is 39.2 Å². The number of hydrogen-bond acceptors (Lipinski definition) is 3. The first-order valence-corrected chi connectivity index (χ1v) is 6.36. The number of aromatic nitrogens is 2. The first-order chi connectivity index (χ1) is 8.54. The molecule has 1 aromatic rings. The Bertz CT molecular complexity index is 489. The number of fused-ring (bicyclic) bond motifs is 1. The summed E-state index contributed by atoms with van der Waals surface area (Å²) in [7, 11) is 3.41. The molecule has 1 aromatic heterocycles. The topological polar surface area (TPSA) is 55.2 Å². The Balaban J connectivity index is 2.46. The predicted octanol–water partition coefficient (Wildman–Crippen LogP) is 1.05. The maximum atomic E-state index is 12.1. The second kappa shape index (κ2) is 4.92. The zero-order valence-corrected chi connectivity index (χ0v) is 11.2. The number of nitrogens with zero attached hydrogens (tertiary/aromatic N) is 3. The second-order valence-electron chi connectivity index (χ2n) is 4.91. The Morgan fingerprint density at radius 3 is 2.72 bits per heavy atom. The van der Waals surface area contributed by atoms with Crippen molar-refractivity contribution in [1.29, 1.82) is 0 Å². The average molecular weight is 249 g/mol. The van der Waals surface area contributed by atoms with E-state index in [0.717, 1.165) is 24.2 Å². The quantitative estimate of drug-likeness (QED) is 0.804. The van der Waals surface area contributed by atoms with E-state index in [1.165, 1.54) is 4.90 Å². The van der Waals surface area contributed by atoms with Crippen molar-refractivity contribution in [3.63, 3.8) is 0 Å². The lowest BCUT2D eigenvalue weighted by molar-refractivity contribution is -0.118. The zero-order chi connectivity index (χ0) is 13.3. The van der Waals surface area contributed by atoms with Crippen LogP contribution in [0.2, 0.25) is 0 Å². The van der Waals surface area contributed by atoms with Gasteiger partial charge in [0, 0.05) is 44.7 Å². The maximum Gasteiger partial charge on any atom is 0.274 e. The molecule has 0 fully saturated rings. The minimum atomic E-state index is -0.115. The van der Waals surface area contributed by atoms with Gasteiger partial charge in [0.05, 0.1) is 0 Å². The highest BCUT2D eigenvalue weighted by molar-refractivity contribution is 5.96. The second-order valence-corrected chi connectivity index (χ2v) is 4.91. The van der Waals surface area contributed by atoms with Crippen LogP contribution in [-0.2, 0) is 24.2 Å². The Kier molecular flexibility index (Phi) is 3.50. The molecule has 0 aliphatic heterocycles. The molecule has 0 unspecified atom stereocenters. The van der Waals surface area contributed by atoms with Crippen molar-refractivity contribution in [2.75, 3.05) is 14.1 Å². The molecule has 5 nitrogen and oxygen atoms in total. The van der Waals surface area contributed by atoms with Crippen LogP contribution in [0.15, 0.2) is 0 Å². The van der Waals surface area contributed by atoms with Gasteiger partial charge in [-0.05, 0) is 12.8 Å². The van der Waals surface area contributed by atoms with E-state index in [1.807, 2.05) is 4.68 Å². The summed E-state index contributed by atoms with van der Waals surface area (Å²) in [4.78, 5) is 25.2. The molecule has 0 aromatic carbocycles.